The van der Waals surface area contributed by atoms with Gasteiger partial charge in [-0.3, -0.25) is 4.98 Å². The molecule has 0 aliphatic carbocycles. The Morgan fingerprint density at radius 2 is 2.10 bits per heavy atom. The van der Waals surface area contributed by atoms with E-state index in [1.54, 1.807) is 0 Å². The van der Waals surface area contributed by atoms with Crippen LogP contribution in [0.15, 0.2) is 30.3 Å². The molecule has 2 rings (SSSR count). The second kappa shape index (κ2) is 7.22. The van der Waals surface area contributed by atoms with Crippen molar-refractivity contribution in [1.82, 2.24) is 4.98 Å². The molecule has 0 spiro atoms. The smallest absolute Gasteiger partial charge is 0.0942 e. The van der Waals surface area contributed by atoms with E-state index in [9.17, 15) is 5.11 Å². The second-order valence-electron chi connectivity index (χ2n) is 5.00. The lowest BCUT2D eigenvalue weighted by Gasteiger charge is -2.14. The van der Waals surface area contributed by atoms with Gasteiger partial charge in [-0.25, -0.2) is 0 Å². The van der Waals surface area contributed by atoms with Crippen molar-refractivity contribution in [2.75, 3.05) is 18.5 Å². The van der Waals surface area contributed by atoms with Crippen LogP contribution in [0.4, 0.5) is 5.69 Å². The fourth-order valence-corrected chi connectivity index (χ4v) is 2.15. The molecule has 1 aromatic heterocycles. The van der Waals surface area contributed by atoms with Crippen LogP contribution in [0.25, 0.3) is 10.9 Å². The molecule has 1 unspecified atom stereocenters. The monoisotopic (exact) mass is 274 g/mol. The molecule has 0 saturated heterocycles. The first-order chi connectivity index (χ1) is 9.74. The lowest BCUT2D eigenvalue weighted by atomic mass is 10.1. The van der Waals surface area contributed by atoms with Crippen LogP contribution in [-0.2, 0) is 6.42 Å². The number of nitrogens with zero attached hydrogens (tertiary/aromatic N) is 1. The van der Waals surface area contributed by atoms with Gasteiger partial charge in [0.05, 0.1) is 18.2 Å². The normalized spacial score (nSPS) is 12.6. The Hall–Kier alpha value is -1.65. The molecule has 20 heavy (non-hydrogen) atoms. The number of pyridine rings is 1. The number of fused-ring (bicyclic) bond motifs is 1. The van der Waals surface area contributed by atoms with Gasteiger partial charge >= 0.3 is 0 Å². The summed E-state index contributed by atoms with van der Waals surface area (Å²) in [7, 11) is 0. The van der Waals surface area contributed by atoms with E-state index >= 15 is 0 Å². The summed E-state index contributed by atoms with van der Waals surface area (Å²) in [6.07, 6.45) is 2.46. The third-order valence-corrected chi connectivity index (χ3v) is 3.29. The summed E-state index contributed by atoms with van der Waals surface area (Å²) < 4.78 is 0. The molecule has 0 amide bonds. The first-order valence-electron chi connectivity index (χ1n) is 7.16. The number of para-hydroxylation sites is 1. The molecule has 2 aromatic rings. The fourth-order valence-electron chi connectivity index (χ4n) is 2.15. The van der Waals surface area contributed by atoms with Crippen LogP contribution in [0.3, 0.4) is 0 Å². The van der Waals surface area contributed by atoms with E-state index < -0.39 is 6.10 Å². The van der Waals surface area contributed by atoms with Crippen molar-refractivity contribution in [1.29, 1.82) is 0 Å². The Labute approximate surface area is 119 Å². The number of aromatic nitrogens is 1. The van der Waals surface area contributed by atoms with E-state index in [0.717, 1.165) is 41.5 Å². The van der Waals surface area contributed by atoms with Crippen LogP contribution in [0.2, 0.25) is 0 Å². The summed E-state index contributed by atoms with van der Waals surface area (Å²) in [5.74, 6) is 0. The summed E-state index contributed by atoms with van der Waals surface area (Å²) >= 11 is 0. The first kappa shape index (κ1) is 14.8. The maximum atomic E-state index is 9.47. The number of benzene rings is 1. The molecule has 0 saturated carbocycles. The number of aliphatic hydroxyl groups is 2. The second-order valence-corrected chi connectivity index (χ2v) is 5.00. The van der Waals surface area contributed by atoms with Crippen molar-refractivity contribution in [3.05, 3.63) is 36.0 Å². The molecule has 0 fully saturated rings. The predicted octanol–water partition coefficient (Wildman–Crippen LogP) is 2.34. The third kappa shape index (κ3) is 3.68. The lowest BCUT2D eigenvalue weighted by Crippen LogP contribution is -2.23. The minimum Gasteiger partial charge on any atom is -0.394 e. The average Bonchev–Trinajstić information content (AvgIpc) is 2.50. The number of aliphatic hydroxyl groups excluding tert-OH is 2. The number of aryl methyl sites for hydroxylation is 1. The van der Waals surface area contributed by atoms with Crippen molar-refractivity contribution < 1.29 is 10.2 Å². The molecule has 0 radical (unpaired) electrons. The van der Waals surface area contributed by atoms with Gasteiger partial charge in [0.2, 0.25) is 0 Å². The van der Waals surface area contributed by atoms with Crippen molar-refractivity contribution in [2.45, 2.75) is 32.3 Å². The molecular formula is C16H22N2O2. The number of rotatable bonds is 7. The zero-order valence-corrected chi connectivity index (χ0v) is 11.8. The SMILES string of the molecule is CCCCc1cc(NCC(O)CO)c2ccccc2n1. The Kier molecular flexibility index (Phi) is 5.32. The molecule has 1 aromatic carbocycles. The van der Waals surface area contributed by atoms with E-state index in [1.807, 2.05) is 30.3 Å². The Morgan fingerprint density at radius 1 is 1.30 bits per heavy atom. The summed E-state index contributed by atoms with van der Waals surface area (Å²) in [5, 5.41) is 22.6. The van der Waals surface area contributed by atoms with Crippen LogP contribution < -0.4 is 5.32 Å². The highest BCUT2D eigenvalue weighted by Gasteiger charge is 2.07. The quantitative estimate of drug-likeness (QED) is 0.725. The van der Waals surface area contributed by atoms with E-state index in [-0.39, 0.29) is 6.61 Å². The zero-order chi connectivity index (χ0) is 14.4. The van der Waals surface area contributed by atoms with Crippen LogP contribution in [0.5, 0.6) is 0 Å². The van der Waals surface area contributed by atoms with Gasteiger partial charge in [-0.2, -0.15) is 0 Å². The number of anilines is 1. The zero-order valence-electron chi connectivity index (χ0n) is 11.8. The molecular weight excluding hydrogens is 252 g/mol. The summed E-state index contributed by atoms with van der Waals surface area (Å²) in [5.41, 5.74) is 2.99. The maximum Gasteiger partial charge on any atom is 0.0942 e. The van der Waals surface area contributed by atoms with E-state index in [1.165, 1.54) is 0 Å². The Bertz CT molecular complexity index is 557. The topological polar surface area (TPSA) is 65.4 Å². The summed E-state index contributed by atoms with van der Waals surface area (Å²) in [4.78, 5) is 4.67. The molecule has 4 heteroatoms. The standard InChI is InChI=1S/C16H22N2O2/c1-2-3-6-12-9-16(17-10-13(20)11-19)14-7-4-5-8-15(14)18-12/h4-5,7-9,13,19-20H,2-3,6,10-11H2,1H3,(H,17,18). The third-order valence-electron chi connectivity index (χ3n) is 3.29. The Morgan fingerprint density at radius 3 is 2.85 bits per heavy atom. The summed E-state index contributed by atoms with van der Waals surface area (Å²) in [6.45, 7) is 2.26. The van der Waals surface area contributed by atoms with Gasteiger partial charge in [0.1, 0.15) is 0 Å². The molecule has 0 aliphatic heterocycles. The molecule has 1 atom stereocenters. The van der Waals surface area contributed by atoms with Gasteiger partial charge in [0, 0.05) is 23.3 Å². The lowest BCUT2D eigenvalue weighted by molar-refractivity contribution is 0.105. The average molecular weight is 274 g/mol. The minimum absolute atomic E-state index is 0.237. The van der Waals surface area contributed by atoms with Gasteiger partial charge in [-0.15, -0.1) is 0 Å². The van der Waals surface area contributed by atoms with E-state index in [4.69, 9.17) is 5.11 Å². The maximum absolute atomic E-state index is 9.47. The number of nitrogens with one attached hydrogen (secondary N) is 1. The molecule has 3 N–H and O–H groups in total. The van der Waals surface area contributed by atoms with Crippen LogP contribution in [0.1, 0.15) is 25.5 Å². The van der Waals surface area contributed by atoms with Gasteiger partial charge in [-0.05, 0) is 25.0 Å². The van der Waals surface area contributed by atoms with E-state index in [2.05, 4.69) is 17.2 Å². The van der Waals surface area contributed by atoms with Crippen LogP contribution in [-0.4, -0.2) is 34.5 Å². The Balaban J connectivity index is 2.28. The van der Waals surface area contributed by atoms with Crippen LogP contribution >= 0.6 is 0 Å². The number of hydrogen-bond donors (Lipinski definition) is 3. The number of hydrogen-bond acceptors (Lipinski definition) is 4. The first-order valence-corrected chi connectivity index (χ1v) is 7.16. The molecule has 108 valence electrons. The van der Waals surface area contributed by atoms with Crippen LogP contribution in [0, 0.1) is 0 Å². The highest BCUT2D eigenvalue weighted by molar-refractivity contribution is 5.91. The number of unbranched alkanes of at least 4 members (excludes halogenated alkanes) is 1. The molecule has 0 aliphatic rings. The van der Waals surface area contributed by atoms with Gasteiger partial charge < -0.3 is 15.5 Å². The highest BCUT2D eigenvalue weighted by Crippen LogP contribution is 2.23. The summed E-state index contributed by atoms with van der Waals surface area (Å²) in [6, 6.07) is 10.0. The largest absolute Gasteiger partial charge is 0.394 e. The van der Waals surface area contributed by atoms with Crippen molar-refractivity contribution in [3.8, 4) is 0 Å². The fraction of sp³-hybridized carbons (Fsp3) is 0.438. The van der Waals surface area contributed by atoms with Crippen molar-refractivity contribution in [3.63, 3.8) is 0 Å². The van der Waals surface area contributed by atoms with Gasteiger partial charge in [-0.1, -0.05) is 31.5 Å². The predicted molar refractivity (Wildman–Crippen MR) is 81.9 cm³/mol. The van der Waals surface area contributed by atoms with Gasteiger partial charge in [0.25, 0.3) is 0 Å². The van der Waals surface area contributed by atoms with Crippen molar-refractivity contribution >= 4 is 16.6 Å². The molecule has 4 nitrogen and oxygen atoms in total. The highest BCUT2D eigenvalue weighted by atomic mass is 16.3. The molecule has 1 heterocycles. The minimum atomic E-state index is -0.749. The van der Waals surface area contributed by atoms with E-state index in [0.29, 0.717) is 6.54 Å². The van der Waals surface area contributed by atoms with Crippen molar-refractivity contribution in [2.24, 2.45) is 0 Å². The molecule has 0 bridgehead atoms. The van der Waals surface area contributed by atoms with Gasteiger partial charge in [0.15, 0.2) is 0 Å².